The molecule has 0 bridgehead atoms. The maximum atomic E-state index is 11.5. The Labute approximate surface area is 95.7 Å². The van der Waals surface area contributed by atoms with E-state index in [0.29, 0.717) is 19.1 Å². The second-order valence-corrected chi connectivity index (χ2v) is 4.91. The average molecular weight is 228 g/mol. The summed E-state index contributed by atoms with van der Waals surface area (Å²) in [5.41, 5.74) is 0. The SMILES string of the molecule is CC(C)C(=O)CC[C@@H]1[C@H](C=O)[C@@H](O)C[C@H]1O. The molecule has 0 heterocycles. The lowest BCUT2D eigenvalue weighted by Crippen LogP contribution is -2.24. The van der Waals surface area contributed by atoms with Crippen molar-refractivity contribution in [3.63, 3.8) is 0 Å². The molecule has 0 amide bonds. The first kappa shape index (κ1) is 13.3. The van der Waals surface area contributed by atoms with Gasteiger partial charge in [-0.25, -0.2) is 0 Å². The Morgan fingerprint density at radius 1 is 1.38 bits per heavy atom. The monoisotopic (exact) mass is 228 g/mol. The molecule has 4 heteroatoms. The van der Waals surface area contributed by atoms with Gasteiger partial charge in [-0.3, -0.25) is 4.79 Å². The zero-order valence-electron chi connectivity index (χ0n) is 9.80. The van der Waals surface area contributed by atoms with E-state index in [1.807, 2.05) is 13.8 Å². The molecule has 0 saturated heterocycles. The summed E-state index contributed by atoms with van der Waals surface area (Å²) in [5.74, 6) is -0.665. The van der Waals surface area contributed by atoms with Crippen LogP contribution in [0.4, 0.5) is 0 Å². The molecule has 4 nitrogen and oxygen atoms in total. The lowest BCUT2D eigenvalue weighted by Gasteiger charge is -2.18. The molecular formula is C12H20O4. The maximum absolute atomic E-state index is 11.5. The molecule has 4 atom stereocenters. The predicted molar refractivity (Wildman–Crippen MR) is 58.8 cm³/mol. The first-order chi connectivity index (χ1) is 7.47. The van der Waals surface area contributed by atoms with Gasteiger partial charge in [0.15, 0.2) is 0 Å². The van der Waals surface area contributed by atoms with Crippen LogP contribution in [0.1, 0.15) is 33.1 Å². The Morgan fingerprint density at radius 2 is 2.00 bits per heavy atom. The highest BCUT2D eigenvalue weighted by atomic mass is 16.3. The third-order valence-corrected chi connectivity index (χ3v) is 3.44. The van der Waals surface area contributed by atoms with Crippen molar-refractivity contribution in [3.05, 3.63) is 0 Å². The summed E-state index contributed by atoms with van der Waals surface area (Å²) in [6.07, 6.45) is 0.376. The van der Waals surface area contributed by atoms with Crippen LogP contribution in [0.2, 0.25) is 0 Å². The third-order valence-electron chi connectivity index (χ3n) is 3.44. The van der Waals surface area contributed by atoms with Gasteiger partial charge >= 0.3 is 0 Å². The molecule has 0 aromatic heterocycles. The molecule has 0 radical (unpaired) electrons. The number of carbonyl (C=O) groups is 2. The van der Waals surface area contributed by atoms with Crippen LogP contribution in [-0.2, 0) is 9.59 Å². The van der Waals surface area contributed by atoms with Crippen LogP contribution in [-0.4, -0.2) is 34.5 Å². The number of carbonyl (C=O) groups excluding carboxylic acids is 2. The van der Waals surface area contributed by atoms with E-state index in [4.69, 9.17) is 0 Å². The van der Waals surface area contributed by atoms with Gasteiger partial charge in [0.05, 0.1) is 12.2 Å². The van der Waals surface area contributed by atoms with Gasteiger partial charge in [-0.2, -0.15) is 0 Å². The Morgan fingerprint density at radius 3 is 2.50 bits per heavy atom. The Hall–Kier alpha value is -0.740. The highest BCUT2D eigenvalue weighted by molar-refractivity contribution is 5.80. The number of aliphatic hydroxyl groups is 2. The van der Waals surface area contributed by atoms with Crippen LogP contribution in [0.5, 0.6) is 0 Å². The second kappa shape index (κ2) is 5.55. The van der Waals surface area contributed by atoms with E-state index in [0.717, 1.165) is 0 Å². The van der Waals surface area contributed by atoms with Gasteiger partial charge in [0.25, 0.3) is 0 Å². The van der Waals surface area contributed by atoms with Crippen molar-refractivity contribution < 1.29 is 19.8 Å². The fraction of sp³-hybridized carbons (Fsp3) is 0.833. The van der Waals surface area contributed by atoms with Crippen LogP contribution < -0.4 is 0 Å². The Balaban J connectivity index is 2.52. The van der Waals surface area contributed by atoms with E-state index in [9.17, 15) is 19.8 Å². The predicted octanol–water partition coefficient (Wildman–Crippen LogP) is 0.548. The van der Waals surface area contributed by atoms with E-state index in [-0.39, 0.29) is 24.0 Å². The van der Waals surface area contributed by atoms with Crippen LogP contribution in [0.15, 0.2) is 0 Å². The van der Waals surface area contributed by atoms with Crippen molar-refractivity contribution in [2.75, 3.05) is 0 Å². The van der Waals surface area contributed by atoms with Crippen LogP contribution >= 0.6 is 0 Å². The van der Waals surface area contributed by atoms with Crippen molar-refractivity contribution in [3.8, 4) is 0 Å². The molecule has 1 saturated carbocycles. The normalized spacial score (nSPS) is 34.3. The minimum absolute atomic E-state index is 0.0156. The van der Waals surface area contributed by atoms with Crippen molar-refractivity contribution in [1.82, 2.24) is 0 Å². The minimum atomic E-state index is -0.758. The van der Waals surface area contributed by atoms with Gasteiger partial charge in [0, 0.05) is 24.7 Å². The van der Waals surface area contributed by atoms with E-state index in [1.54, 1.807) is 0 Å². The van der Waals surface area contributed by atoms with Gasteiger partial charge in [0.2, 0.25) is 0 Å². The van der Waals surface area contributed by atoms with Crippen molar-refractivity contribution in [2.45, 2.75) is 45.3 Å². The third kappa shape index (κ3) is 2.89. The van der Waals surface area contributed by atoms with Gasteiger partial charge in [0.1, 0.15) is 12.1 Å². The van der Waals surface area contributed by atoms with Gasteiger partial charge < -0.3 is 15.0 Å². The molecule has 92 valence electrons. The van der Waals surface area contributed by atoms with E-state index in [1.165, 1.54) is 0 Å². The van der Waals surface area contributed by atoms with Crippen molar-refractivity contribution >= 4 is 12.1 Å². The standard InChI is InChI=1S/C12H20O4/c1-7(2)10(14)4-3-8-9(6-13)12(16)5-11(8)15/h6-9,11-12,15-16H,3-5H2,1-2H3/t8-,9+,11-,12+/m1/s1. The summed E-state index contributed by atoms with van der Waals surface area (Å²) >= 11 is 0. The zero-order chi connectivity index (χ0) is 12.3. The summed E-state index contributed by atoms with van der Waals surface area (Å²) in [6.45, 7) is 3.67. The minimum Gasteiger partial charge on any atom is -0.393 e. The van der Waals surface area contributed by atoms with Crippen molar-refractivity contribution in [1.29, 1.82) is 0 Å². The summed E-state index contributed by atoms with van der Waals surface area (Å²) < 4.78 is 0. The number of aliphatic hydroxyl groups excluding tert-OH is 2. The molecule has 0 unspecified atom stereocenters. The molecule has 0 aromatic rings. The van der Waals surface area contributed by atoms with Crippen LogP contribution in [0, 0.1) is 17.8 Å². The summed E-state index contributed by atoms with van der Waals surface area (Å²) in [4.78, 5) is 22.2. The maximum Gasteiger partial charge on any atom is 0.135 e. The molecule has 1 aliphatic rings. The van der Waals surface area contributed by atoms with Crippen molar-refractivity contribution in [2.24, 2.45) is 17.8 Å². The average Bonchev–Trinajstić information content (AvgIpc) is 2.48. The quantitative estimate of drug-likeness (QED) is 0.674. The topological polar surface area (TPSA) is 74.6 Å². The fourth-order valence-corrected chi connectivity index (χ4v) is 2.30. The lowest BCUT2D eigenvalue weighted by molar-refractivity contribution is -0.123. The molecule has 0 aliphatic heterocycles. The first-order valence-electron chi connectivity index (χ1n) is 5.81. The van der Waals surface area contributed by atoms with Gasteiger partial charge in [-0.1, -0.05) is 13.8 Å². The van der Waals surface area contributed by atoms with E-state index >= 15 is 0 Å². The van der Waals surface area contributed by atoms with Gasteiger partial charge in [-0.15, -0.1) is 0 Å². The summed E-state index contributed by atoms with van der Waals surface area (Å²) in [5, 5.41) is 19.2. The number of rotatable bonds is 5. The first-order valence-corrected chi connectivity index (χ1v) is 5.81. The number of ketones is 1. The fourth-order valence-electron chi connectivity index (χ4n) is 2.30. The number of aldehydes is 1. The van der Waals surface area contributed by atoms with E-state index in [2.05, 4.69) is 0 Å². The highest BCUT2D eigenvalue weighted by Crippen LogP contribution is 2.34. The number of hydrogen-bond acceptors (Lipinski definition) is 4. The smallest absolute Gasteiger partial charge is 0.135 e. The van der Waals surface area contributed by atoms with Gasteiger partial charge in [-0.05, 0) is 12.3 Å². The molecule has 1 fully saturated rings. The molecular weight excluding hydrogens is 208 g/mol. The second-order valence-electron chi connectivity index (χ2n) is 4.91. The van der Waals surface area contributed by atoms with Crippen LogP contribution in [0.25, 0.3) is 0 Å². The lowest BCUT2D eigenvalue weighted by atomic mass is 9.88. The highest BCUT2D eigenvalue weighted by Gasteiger charge is 2.41. The number of hydrogen-bond donors (Lipinski definition) is 2. The molecule has 16 heavy (non-hydrogen) atoms. The Kier molecular flexibility index (Phi) is 4.62. The Bertz CT molecular complexity index is 262. The zero-order valence-corrected chi connectivity index (χ0v) is 9.80. The summed E-state index contributed by atoms with van der Waals surface area (Å²) in [6, 6.07) is 0. The molecule has 2 N–H and O–H groups in total. The largest absolute Gasteiger partial charge is 0.393 e. The number of Topliss-reactive ketones (excluding diaryl/α,β-unsaturated/α-hetero) is 1. The summed E-state index contributed by atoms with van der Waals surface area (Å²) in [7, 11) is 0. The van der Waals surface area contributed by atoms with E-state index < -0.39 is 18.1 Å². The molecule has 1 aliphatic carbocycles. The molecule has 1 rings (SSSR count). The van der Waals surface area contributed by atoms with Crippen LogP contribution in [0.3, 0.4) is 0 Å². The molecule has 0 aromatic carbocycles. The molecule has 0 spiro atoms.